The van der Waals surface area contributed by atoms with Crippen molar-refractivity contribution in [2.75, 3.05) is 30.6 Å². The van der Waals surface area contributed by atoms with E-state index in [0.29, 0.717) is 13.0 Å². The Labute approximate surface area is 169 Å². The smallest absolute Gasteiger partial charge is 0.278 e. The van der Waals surface area contributed by atoms with E-state index in [0.717, 1.165) is 42.9 Å². The zero-order valence-corrected chi connectivity index (χ0v) is 20.7. The van der Waals surface area contributed by atoms with Crippen molar-refractivity contribution in [2.24, 2.45) is 0 Å². The number of carbonyl (C=O) groups excluding carboxylic acids is 2. The highest BCUT2D eigenvalue weighted by Crippen LogP contribution is 2.17. The quantitative estimate of drug-likeness (QED) is 0.312. The maximum Gasteiger partial charge on any atom is 0.278 e. The largest absolute Gasteiger partial charge is 0.420 e. The Morgan fingerprint density at radius 1 is 0.962 bits per heavy atom. The van der Waals surface area contributed by atoms with Gasteiger partial charge in [0.15, 0.2) is 13.4 Å². The second-order valence-corrected chi connectivity index (χ2v) is 20.3. The number of thioether (sulfide) groups is 2. The molecule has 0 aliphatic carbocycles. The van der Waals surface area contributed by atoms with Gasteiger partial charge in [0.25, 0.3) is 5.24 Å². The van der Waals surface area contributed by atoms with Crippen molar-refractivity contribution in [3.63, 3.8) is 0 Å². The molecule has 5 nitrogen and oxygen atoms in total. The van der Waals surface area contributed by atoms with Crippen LogP contribution in [0.15, 0.2) is 0 Å². The fourth-order valence-electron chi connectivity index (χ4n) is 1.86. The Bertz CT molecular complexity index is 386. The van der Waals surface area contributed by atoms with Crippen LogP contribution in [0.5, 0.6) is 0 Å². The molecule has 0 aromatic rings. The van der Waals surface area contributed by atoms with Crippen LogP contribution in [0.25, 0.3) is 0 Å². The minimum Gasteiger partial charge on any atom is -0.420 e. The van der Waals surface area contributed by atoms with E-state index in [9.17, 15) is 14.7 Å². The molecule has 9 heteroatoms. The third-order valence-corrected chi connectivity index (χ3v) is 13.9. The number of hydrogen-bond acceptors (Lipinski definition) is 6. The molecule has 0 heterocycles. The van der Waals surface area contributed by atoms with Crippen LogP contribution in [0.2, 0.25) is 26.2 Å². The van der Waals surface area contributed by atoms with Crippen molar-refractivity contribution in [1.29, 1.82) is 0 Å². The Morgan fingerprint density at radius 2 is 1.58 bits per heavy atom. The number of aliphatic hydroxyl groups excluding tert-OH is 1. The molecule has 0 saturated carbocycles. The van der Waals surface area contributed by atoms with Gasteiger partial charge in [-0.1, -0.05) is 55.9 Å². The average molecular weight is 440 g/mol. The van der Waals surface area contributed by atoms with Crippen LogP contribution in [-0.4, -0.2) is 62.5 Å². The number of rotatable bonds is 14. The molecule has 26 heavy (non-hydrogen) atoms. The molecule has 0 bridgehead atoms. The predicted octanol–water partition coefficient (Wildman–Crippen LogP) is 4.20. The van der Waals surface area contributed by atoms with E-state index in [-0.39, 0.29) is 16.6 Å². The summed E-state index contributed by atoms with van der Waals surface area (Å²) >= 11 is 2.72. The summed E-state index contributed by atoms with van der Waals surface area (Å²) in [5.41, 5.74) is 0. The summed E-state index contributed by atoms with van der Waals surface area (Å²) in [6, 6.07) is 0. The standard InChI is InChI=1S/C17H37NO4S2Si2/c1-22-26(4,5)15-23-16(20)11-9-7-6-8-10-12-18-17(21)24-14-25(2,3)13-19/h19H,6-15H2,1-5H3,(H,18,21). The van der Waals surface area contributed by atoms with E-state index in [1.807, 2.05) is 0 Å². The molecule has 0 unspecified atom stereocenters. The molecule has 0 atom stereocenters. The van der Waals surface area contributed by atoms with Gasteiger partial charge in [-0.05, 0) is 25.9 Å². The molecule has 154 valence electrons. The lowest BCUT2D eigenvalue weighted by Gasteiger charge is -2.18. The van der Waals surface area contributed by atoms with E-state index in [2.05, 4.69) is 31.5 Å². The van der Waals surface area contributed by atoms with E-state index in [1.54, 1.807) is 7.11 Å². The molecular weight excluding hydrogens is 402 g/mol. The summed E-state index contributed by atoms with van der Waals surface area (Å²) in [6.07, 6.45) is 6.04. The van der Waals surface area contributed by atoms with Crippen LogP contribution in [0.1, 0.15) is 38.5 Å². The van der Waals surface area contributed by atoms with Gasteiger partial charge in [-0.2, -0.15) is 0 Å². The van der Waals surface area contributed by atoms with Gasteiger partial charge in [0.1, 0.15) is 0 Å². The highest BCUT2D eigenvalue weighted by Gasteiger charge is 2.22. The van der Waals surface area contributed by atoms with E-state index in [1.165, 1.54) is 23.5 Å². The van der Waals surface area contributed by atoms with Crippen LogP contribution in [-0.2, 0) is 9.22 Å². The van der Waals surface area contributed by atoms with Crippen LogP contribution in [0.4, 0.5) is 4.79 Å². The lowest BCUT2D eigenvalue weighted by atomic mass is 10.1. The van der Waals surface area contributed by atoms with Gasteiger partial charge in [0.05, 0.1) is 8.07 Å². The van der Waals surface area contributed by atoms with Crippen molar-refractivity contribution in [2.45, 2.75) is 64.7 Å². The van der Waals surface area contributed by atoms with Crippen molar-refractivity contribution in [1.82, 2.24) is 5.32 Å². The van der Waals surface area contributed by atoms with Gasteiger partial charge in [-0.3, -0.25) is 9.59 Å². The van der Waals surface area contributed by atoms with Crippen molar-refractivity contribution in [3.05, 3.63) is 0 Å². The Kier molecular flexibility index (Phi) is 14.3. The topological polar surface area (TPSA) is 75.6 Å². The second-order valence-electron chi connectivity index (χ2n) is 7.97. The molecule has 0 aromatic heterocycles. The number of unbranched alkanes of at least 4 members (excludes halogenated alkanes) is 4. The fourth-order valence-corrected chi connectivity index (χ4v) is 7.31. The summed E-state index contributed by atoms with van der Waals surface area (Å²) in [7, 11) is -1.52. The van der Waals surface area contributed by atoms with E-state index in [4.69, 9.17) is 4.43 Å². The minimum atomic E-state index is -1.64. The van der Waals surface area contributed by atoms with Crippen molar-refractivity contribution < 1.29 is 19.1 Å². The summed E-state index contributed by atoms with van der Waals surface area (Å²) in [6.45, 7) is 9.12. The van der Waals surface area contributed by atoms with Gasteiger partial charge >= 0.3 is 0 Å². The van der Waals surface area contributed by atoms with E-state index >= 15 is 0 Å². The molecule has 0 fully saturated rings. The highest BCUT2D eigenvalue weighted by molar-refractivity contribution is 8.15. The molecule has 0 aliphatic heterocycles. The molecule has 0 rings (SSSR count). The maximum absolute atomic E-state index is 11.8. The lowest BCUT2D eigenvalue weighted by Crippen LogP contribution is -2.36. The third-order valence-electron chi connectivity index (χ3n) is 3.98. The Morgan fingerprint density at radius 3 is 2.19 bits per heavy atom. The lowest BCUT2D eigenvalue weighted by molar-refractivity contribution is -0.111. The fraction of sp³-hybridized carbons (Fsp3) is 0.882. The summed E-state index contributed by atoms with van der Waals surface area (Å²) in [4.78, 5) is 23.6. The summed E-state index contributed by atoms with van der Waals surface area (Å²) in [5.74, 6) is 0. The van der Waals surface area contributed by atoms with Gasteiger partial charge < -0.3 is 14.8 Å². The Hall–Kier alpha value is 0.194. The molecule has 2 N–H and O–H groups in total. The number of aliphatic hydroxyl groups is 1. The van der Waals surface area contributed by atoms with Crippen LogP contribution in [0.3, 0.4) is 0 Å². The van der Waals surface area contributed by atoms with Gasteiger partial charge in [-0.25, -0.2) is 0 Å². The minimum absolute atomic E-state index is 0.0178. The van der Waals surface area contributed by atoms with Gasteiger partial charge in [0, 0.05) is 37.1 Å². The number of nitrogens with one attached hydrogen (secondary N) is 1. The predicted molar refractivity (Wildman–Crippen MR) is 120 cm³/mol. The first-order chi connectivity index (χ1) is 12.1. The second kappa shape index (κ2) is 14.2. The Balaban J connectivity index is 3.51. The van der Waals surface area contributed by atoms with E-state index < -0.39 is 16.4 Å². The molecule has 0 radical (unpaired) electrons. The van der Waals surface area contributed by atoms with Gasteiger partial charge in [-0.15, -0.1) is 0 Å². The van der Waals surface area contributed by atoms with Crippen molar-refractivity contribution in [3.8, 4) is 0 Å². The molecule has 0 aliphatic rings. The molecule has 0 spiro atoms. The summed E-state index contributed by atoms with van der Waals surface area (Å²) < 4.78 is 5.45. The van der Waals surface area contributed by atoms with Crippen molar-refractivity contribution >= 4 is 50.3 Å². The average Bonchev–Trinajstić information content (AvgIpc) is 2.60. The first kappa shape index (κ1) is 26.2. The summed E-state index contributed by atoms with van der Waals surface area (Å²) in [5, 5.41) is 14.0. The number of carbonyl (C=O) groups is 2. The number of amides is 1. The zero-order chi connectivity index (χ0) is 20.1. The monoisotopic (exact) mass is 439 g/mol. The normalized spacial score (nSPS) is 12.2. The SMILES string of the molecule is CO[Si](C)(C)CSC(=O)CCCCCCCNC(=O)SC[Si](C)(C)CO. The molecule has 1 amide bonds. The van der Waals surface area contributed by atoms with Crippen LogP contribution < -0.4 is 5.32 Å². The number of hydrogen-bond donors (Lipinski definition) is 2. The highest BCUT2D eigenvalue weighted by atomic mass is 32.2. The van der Waals surface area contributed by atoms with Crippen LogP contribution in [0, 0.1) is 0 Å². The van der Waals surface area contributed by atoms with Gasteiger partial charge in [0.2, 0.25) is 0 Å². The maximum atomic E-state index is 11.8. The van der Waals surface area contributed by atoms with Crippen LogP contribution >= 0.6 is 23.5 Å². The third kappa shape index (κ3) is 15.3. The molecule has 0 saturated heterocycles. The molecular formula is C17H37NO4S2Si2. The first-order valence-electron chi connectivity index (χ1n) is 9.34. The molecule has 0 aromatic carbocycles. The zero-order valence-electron chi connectivity index (χ0n) is 17.1. The first-order valence-corrected chi connectivity index (χ1v) is 17.8.